The first-order valence-corrected chi connectivity index (χ1v) is 10.5. The SMILES string of the molecule is COC(=O)C1CCN(C(=O)CN2CCCC2C(=O)Nc2ccc(Cl)cc2Cl)CC1. The van der Waals surface area contributed by atoms with Crippen LogP contribution in [0.1, 0.15) is 25.7 Å². The van der Waals surface area contributed by atoms with Gasteiger partial charge in [0.2, 0.25) is 11.8 Å². The largest absolute Gasteiger partial charge is 0.469 e. The van der Waals surface area contributed by atoms with E-state index in [1.165, 1.54) is 7.11 Å². The minimum Gasteiger partial charge on any atom is -0.469 e. The van der Waals surface area contributed by atoms with Crippen molar-refractivity contribution < 1.29 is 19.1 Å². The number of nitrogens with one attached hydrogen (secondary N) is 1. The molecule has 2 aliphatic rings. The maximum Gasteiger partial charge on any atom is 0.308 e. The lowest BCUT2D eigenvalue weighted by Gasteiger charge is -2.32. The number of carbonyl (C=O) groups is 3. The fourth-order valence-corrected chi connectivity index (χ4v) is 4.38. The van der Waals surface area contributed by atoms with E-state index in [1.807, 2.05) is 4.90 Å². The maximum atomic E-state index is 12.8. The van der Waals surface area contributed by atoms with E-state index in [4.69, 9.17) is 27.9 Å². The predicted octanol–water partition coefficient (Wildman–Crippen LogP) is 2.81. The topological polar surface area (TPSA) is 79.0 Å². The van der Waals surface area contributed by atoms with Gasteiger partial charge in [-0.1, -0.05) is 23.2 Å². The summed E-state index contributed by atoms with van der Waals surface area (Å²) < 4.78 is 4.79. The summed E-state index contributed by atoms with van der Waals surface area (Å²) in [6, 6.07) is 4.53. The van der Waals surface area contributed by atoms with Gasteiger partial charge in [-0.3, -0.25) is 19.3 Å². The van der Waals surface area contributed by atoms with E-state index in [9.17, 15) is 14.4 Å². The fourth-order valence-electron chi connectivity index (χ4n) is 3.92. The number of nitrogens with zero attached hydrogens (tertiary/aromatic N) is 2. The molecule has 1 aromatic rings. The summed E-state index contributed by atoms with van der Waals surface area (Å²) in [5, 5.41) is 3.71. The van der Waals surface area contributed by atoms with Gasteiger partial charge in [-0.15, -0.1) is 0 Å². The molecule has 1 unspecified atom stereocenters. The third-order valence-corrected chi connectivity index (χ3v) is 6.12. The van der Waals surface area contributed by atoms with Gasteiger partial charge in [-0.2, -0.15) is 0 Å². The molecule has 158 valence electrons. The van der Waals surface area contributed by atoms with Crippen molar-refractivity contribution in [2.45, 2.75) is 31.7 Å². The second kappa shape index (κ2) is 9.78. The van der Waals surface area contributed by atoms with Crippen LogP contribution in [0.2, 0.25) is 10.0 Å². The van der Waals surface area contributed by atoms with Crippen LogP contribution in [0.25, 0.3) is 0 Å². The van der Waals surface area contributed by atoms with E-state index in [2.05, 4.69) is 5.32 Å². The minimum atomic E-state index is -0.377. The number of hydrogen-bond donors (Lipinski definition) is 1. The highest BCUT2D eigenvalue weighted by atomic mass is 35.5. The monoisotopic (exact) mass is 441 g/mol. The summed E-state index contributed by atoms with van der Waals surface area (Å²) in [7, 11) is 1.38. The van der Waals surface area contributed by atoms with Crippen LogP contribution in [0.15, 0.2) is 18.2 Å². The number of esters is 1. The molecule has 2 heterocycles. The van der Waals surface area contributed by atoms with E-state index in [0.29, 0.717) is 54.6 Å². The molecular weight excluding hydrogens is 417 g/mol. The molecule has 0 saturated carbocycles. The zero-order valence-corrected chi connectivity index (χ0v) is 17.8. The van der Waals surface area contributed by atoms with E-state index in [1.54, 1.807) is 23.1 Å². The number of anilines is 1. The van der Waals surface area contributed by atoms with E-state index in [-0.39, 0.29) is 36.3 Å². The van der Waals surface area contributed by atoms with Gasteiger partial charge in [0, 0.05) is 18.1 Å². The molecule has 2 saturated heterocycles. The van der Waals surface area contributed by atoms with Crippen molar-refractivity contribution in [3.63, 3.8) is 0 Å². The highest BCUT2D eigenvalue weighted by Gasteiger charge is 2.34. The van der Waals surface area contributed by atoms with Gasteiger partial charge in [0.1, 0.15) is 0 Å². The minimum absolute atomic E-state index is 0.0162. The van der Waals surface area contributed by atoms with Crippen molar-refractivity contribution in [1.82, 2.24) is 9.80 Å². The summed E-state index contributed by atoms with van der Waals surface area (Å²) in [5.74, 6) is -0.547. The van der Waals surface area contributed by atoms with Crippen LogP contribution >= 0.6 is 23.2 Å². The third-order valence-electron chi connectivity index (χ3n) is 5.58. The Labute approximate surface area is 180 Å². The molecule has 0 spiro atoms. The number of ether oxygens (including phenoxy) is 1. The fraction of sp³-hybridized carbons (Fsp3) is 0.550. The molecule has 1 aromatic carbocycles. The number of hydrogen-bond acceptors (Lipinski definition) is 5. The average molecular weight is 442 g/mol. The zero-order valence-electron chi connectivity index (χ0n) is 16.3. The first kappa shape index (κ1) is 21.9. The van der Waals surface area contributed by atoms with Crippen LogP contribution in [-0.4, -0.2) is 66.9 Å². The number of rotatable bonds is 5. The van der Waals surface area contributed by atoms with Crippen molar-refractivity contribution in [3.05, 3.63) is 28.2 Å². The Hall–Kier alpha value is -1.83. The Kier molecular flexibility index (Phi) is 7.38. The molecule has 0 bridgehead atoms. The number of piperidine rings is 1. The average Bonchev–Trinajstić information content (AvgIpc) is 3.17. The van der Waals surface area contributed by atoms with Crippen molar-refractivity contribution in [1.29, 1.82) is 0 Å². The Morgan fingerprint density at radius 2 is 1.86 bits per heavy atom. The van der Waals surface area contributed by atoms with E-state index < -0.39 is 0 Å². The number of likely N-dealkylation sites (tertiary alicyclic amines) is 2. The van der Waals surface area contributed by atoms with Crippen molar-refractivity contribution in [3.8, 4) is 0 Å². The Morgan fingerprint density at radius 3 is 2.52 bits per heavy atom. The van der Waals surface area contributed by atoms with Gasteiger partial charge >= 0.3 is 5.97 Å². The number of benzene rings is 1. The molecule has 1 atom stereocenters. The summed E-state index contributed by atoms with van der Waals surface area (Å²) in [4.78, 5) is 40.8. The molecule has 0 aliphatic carbocycles. The van der Waals surface area contributed by atoms with Crippen LogP contribution < -0.4 is 5.32 Å². The van der Waals surface area contributed by atoms with Crippen LogP contribution in [0, 0.1) is 5.92 Å². The normalized spacial score (nSPS) is 20.5. The highest BCUT2D eigenvalue weighted by Crippen LogP contribution is 2.27. The molecular formula is C20H25Cl2N3O4. The van der Waals surface area contributed by atoms with Gasteiger partial charge in [-0.05, 0) is 50.4 Å². The number of amides is 2. The Balaban J connectivity index is 1.54. The van der Waals surface area contributed by atoms with Gasteiger partial charge in [0.15, 0.2) is 0 Å². The molecule has 2 amide bonds. The van der Waals surface area contributed by atoms with Crippen LogP contribution in [-0.2, 0) is 19.1 Å². The number of methoxy groups -OCH3 is 1. The Bertz CT molecular complexity index is 781. The van der Waals surface area contributed by atoms with Crippen molar-refractivity contribution in [2.75, 3.05) is 38.6 Å². The van der Waals surface area contributed by atoms with Crippen LogP contribution in [0.5, 0.6) is 0 Å². The number of carbonyl (C=O) groups excluding carboxylic acids is 3. The number of halogens is 2. The second-order valence-corrected chi connectivity index (χ2v) is 8.26. The molecule has 0 aromatic heterocycles. The lowest BCUT2D eigenvalue weighted by molar-refractivity contribution is -0.149. The molecule has 3 rings (SSSR count). The molecule has 0 radical (unpaired) electrons. The smallest absolute Gasteiger partial charge is 0.308 e. The summed E-state index contributed by atoms with van der Waals surface area (Å²) in [6.07, 6.45) is 2.76. The first-order chi connectivity index (χ1) is 13.9. The third kappa shape index (κ3) is 5.41. The van der Waals surface area contributed by atoms with Gasteiger partial charge in [0.25, 0.3) is 0 Å². The summed E-state index contributed by atoms with van der Waals surface area (Å²) >= 11 is 12.0. The Morgan fingerprint density at radius 1 is 1.14 bits per heavy atom. The zero-order chi connectivity index (χ0) is 21.0. The lowest BCUT2D eigenvalue weighted by Crippen LogP contribution is -2.48. The molecule has 1 N–H and O–H groups in total. The van der Waals surface area contributed by atoms with E-state index >= 15 is 0 Å². The van der Waals surface area contributed by atoms with Gasteiger partial charge in [-0.25, -0.2) is 0 Å². The maximum absolute atomic E-state index is 12.8. The first-order valence-electron chi connectivity index (χ1n) is 9.74. The molecule has 7 nitrogen and oxygen atoms in total. The highest BCUT2D eigenvalue weighted by molar-refractivity contribution is 6.36. The van der Waals surface area contributed by atoms with E-state index in [0.717, 1.165) is 6.42 Å². The van der Waals surface area contributed by atoms with Crippen molar-refractivity contribution in [2.24, 2.45) is 5.92 Å². The van der Waals surface area contributed by atoms with Gasteiger partial charge < -0.3 is 15.0 Å². The quantitative estimate of drug-likeness (QED) is 0.710. The van der Waals surface area contributed by atoms with Gasteiger partial charge in [0.05, 0.1) is 36.3 Å². The van der Waals surface area contributed by atoms with Crippen LogP contribution in [0.4, 0.5) is 5.69 Å². The molecule has 9 heteroatoms. The lowest BCUT2D eigenvalue weighted by atomic mass is 9.97. The standard InChI is InChI=1S/C20H25Cl2N3O4/c1-29-20(28)13-6-9-24(10-7-13)18(26)12-25-8-2-3-17(25)19(27)23-16-5-4-14(21)11-15(16)22/h4-5,11,13,17H,2-3,6-10,12H2,1H3,(H,23,27). The van der Waals surface area contributed by atoms with Crippen LogP contribution in [0.3, 0.4) is 0 Å². The predicted molar refractivity (Wildman–Crippen MR) is 111 cm³/mol. The molecule has 29 heavy (non-hydrogen) atoms. The molecule has 2 aliphatic heterocycles. The van der Waals surface area contributed by atoms with Crippen molar-refractivity contribution >= 4 is 46.7 Å². The summed E-state index contributed by atoms with van der Waals surface area (Å²) in [6.45, 7) is 1.94. The molecule has 2 fully saturated rings. The second-order valence-electron chi connectivity index (χ2n) is 7.42. The summed E-state index contributed by atoms with van der Waals surface area (Å²) in [5.41, 5.74) is 0.504.